The standard InChI is InChI=1S/C15H32N2O/c1-6-17(9-13(2)3)11-15(7-8-18-12-15)10-16-14(4)5/h13-14,16H,6-12H2,1-5H3. The van der Waals surface area contributed by atoms with E-state index in [1.165, 1.54) is 19.5 Å². The summed E-state index contributed by atoms with van der Waals surface area (Å²) in [7, 11) is 0. The van der Waals surface area contributed by atoms with Crippen molar-refractivity contribution in [1.82, 2.24) is 10.2 Å². The first-order valence-corrected chi connectivity index (χ1v) is 7.51. The molecule has 0 aromatic heterocycles. The van der Waals surface area contributed by atoms with Gasteiger partial charge in [-0.3, -0.25) is 0 Å². The average Bonchev–Trinajstić information content (AvgIpc) is 2.74. The summed E-state index contributed by atoms with van der Waals surface area (Å²) in [6.45, 7) is 17.7. The number of hydrogen-bond acceptors (Lipinski definition) is 3. The van der Waals surface area contributed by atoms with Crippen LogP contribution in [-0.2, 0) is 4.74 Å². The molecular weight excluding hydrogens is 224 g/mol. The lowest BCUT2D eigenvalue weighted by Gasteiger charge is -2.35. The Morgan fingerprint density at radius 1 is 1.28 bits per heavy atom. The second kappa shape index (κ2) is 7.46. The number of hydrogen-bond donors (Lipinski definition) is 1. The van der Waals surface area contributed by atoms with Gasteiger partial charge in [0.15, 0.2) is 0 Å². The molecule has 3 nitrogen and oxygen atoms in total. The van der Waals surface area contributed by atoms with Crippen molar-refractivity contribution in [2.75, 3.05) is 39.4 Å². The van der Waals surface area contributed by atoms with Crippen LogP contribution in [0.5, 0.6) is 0 Å². The molecule has 0 aromatic carbocycles. The highest BCUT2D eigenvalue weighted by Crippen LogP contribution is 2.29. The first-order chi connectivity index (χ1) is 8.47. The van der Waals surface area contributed by atoms with Crippen molar-refractivity contribution in [3.63, 3.8) is 0 Å². The normalized spacial score (nSPS) is 24.7. The zero-order chi connectivity index (χ0) is 13.6. The number of nitrogens with one attached hydrogen (secondary N) is 1. The quantitative estimate of drug-likeness (QED) is 0.721. The van der Waals surface area contributed by atoms with E-state index >= 15 is 0 Å². The van der Waals surface area contributed by atoms with Crippen LogP contribution < -0.4 is 5.32 Å². The molecule has 1 rings (SSSR count). The number of rotatable bonds is 8. The molecule has 0 saturated carbocycles. The zero-order valence-corrected chi connectivity index (χ0v) is 13.0. The summed E-state index contributed by atoms with van der Waals surface area (Å²) in [5, 5.41) is 3.60. The van der Waals surface area contributed by atoms with Gasteiger partial charge in [-0.1, -0.05) is 34.6 Å². The maximum absolute atomic E-state index is 5.68. The summed E-state index contributed by atoms with van der Waals surface area (Å²) in [6.07, 6.45) is 1.20. The van der Waals surface area contributed by atoms with Crippen molar-refractivity contribution >= 4 is 0 Å². The summed E-state index contributed by atoms with van der Waals surface area (Å²) in [4.78, 5) is 2.58. The molecule has 1 saturated heterocycles. The van der Waals surface area contributed by atoms with Crippen LogP contribution in [0.4, 0.5) is 0 Å². The third kappa shape index (κ3) is 5.25. The van der Waals surface area contributed by atoms with Gasteiger partial charge in [0.25, 0.3) is 0 Å². The van der Waals surface area contributed by atoms with E-state index < -0.39 is 0 Å². The number of ether oxygens (including phenoxy) is 1. The monoisotopic (exact) mass is 256 g/mol. The molecule has 0 amide bonds. The van der Waals surface area contributed by atoms with Gasteiger partial charge in [-0.15, -0.1) is 0 Å². The van der Waals surface area contributed by atoms with Crippen LogP contribution in [-0.4, -0.2) is 50.3 Å². The fraction of sp³-hybridized carbons (Fsp3) is 1.00. The Labute approximate surface area is 113 Å². The largest absolute Gasteiger partial charge is 0.381 e. The third-order valence-electron chi connectivity index (χ3n) is 3.70. The predicted octanol–water partition coefficient (Wildman–Crippen LogP) is 2.37. The molecule has 0 spiro atoms. The van der Waals surface area contributed by atoms with Gasteiger partial charge in [0.2, 0.25) is 0 Å². The van der Waals surface area contributed by atoms with E-state index in [9.17, 15) is 0 Å². The van der Waals surface area contributed by atoms with Gasteiger partial charge in [0, 0.05) is 37.7 Å². The first-order valence-electron chi connectivity index (χ1n) is 7.51. The van der Waals surface area contributed by atoms with Crippen molar-refractivity contribution in [3.8, 4) is 0 Å². The van der Waals surface area contributed by atoms with Gasteiger partial charge in [0.1, 0.15) is 0 Å². The highest BCUT2D eigenvalue weighted by atomic mass is 16.5. The van der Waals surface area contributed by atoms with Crippen molar-refractivity contribution in [2.24, 2.45) is 11.3 Å². The summed E-state index contributed by atoms with van der Waals surface area (Å²) < 4.78 is 5.68. The summed E-state index contributed by atoms with van der Waals surface area (Å²) in [5.74, 6) is 0.738. The molecule has 108 valence electrons. The highest BCUT2D eigenvalue weighted by molar-refractivity contribution is 4.89. The smallest absolute Gasteiger partial charge is 0.0547 e. The van der Waals surface area contributed by atoms with Crippen LogP contribution >= 0.6 is 0 Å². The molecule has 18 heavy (non-hydrogen) atoms. The van der Waals surface area contributed by atoms with E-state index in [0.29, 0.717) is 11.5 Å². The second-order valence-corrected chi connectivity index (χ2v) is 6.56. The van der Waals surface area contributed by atoms with E-state index in [-0.39, 0.29) is 0 Å². The van der Waals surface area contributed by atoms with E-state index in [0.717, 1.165) is 32.2 Å². The second-order valence-electron chi connectivity index (χ2n) is 6.56. The van der Waals surface area contributed by atoms with Crippen LogP contribution in [0, 0.1) is 11.3 Å². The molecule has 0 aromatic rings. The van der Waals surface area contributed by atoms with Gasteiger partial charge in [-0.2, -0.15) is 0 Å². The molecule has 1 N–H and O–H groups in total. The van der Waals surface area contributed by atoms with Gasteiger partial charge in [-0.05, 0) is 18.9 Å². The van der Waals surface area contributed by atoms with Crippen LogP contribution in [0.3, 0.4) is 0 Å². The Balaban J connectivity index is 2.54. The molecular formula is C15H32N2O. The van der Waals surface area contributed by atoms with Gasteiger partial charge >= 0.3 is 0 Å². The van der Waals surface area contributed by atoms with Crippen molar-refractivity contribution < 1.29 is 4.74 Å². The molecule has 1 aliphatic heterocycles. The molecule has 1 fully saturated rings. The average molecular weight is 256 g/mol. The molecule has 0 radical (unpaired) electrons. The summed E-state index contributed by atoms with van der Waals surface area (Å²) >= 11 is 0. The maximum atomic E-state index is 5.68. The highest BCUT2D eigenvalue weighted by Gasteiger charge is 2.36. The van der Waals surface area contributed by atoms with Crippen LogP contribution in [0.15, 0.2) is 0 Å². The molecule has 3 heteroatoms. The minimum atomic E-state index is 0.329. The van der Waals surface area contributed by atoms with Gasteiger partial charge < -0.3 is 15.0 Å². The van der Waals surface area contributed by atoms with Crippen LogP contribution in [0.2, 0.25) is 0 Å². The fourth-order valence-corrected chi connectivity index (χ4v) is 2.69. The summed E-state index contributed by atoms with van der Waals surface area (Å²) in [6, 6.07) is 0.558. The molecule has 1 heterocycles. The summed E-state index contributed by atoms with van der Waals surface area (Å²) in [5.41, 5.74) is 0.329. The lowest BCUT2D eigenvalue weighted by Crippen LogP contribution is -2.47. The Morgan fingerprint density at radius 2 is 2.00 bits per heavy atom. The first kappa shape index (κ1) is 15.9. The van der Waals surface area contributed by atoms with E-state index in [2.05, 4.69) is 44.8 Å². The Morgan fingerprint density at radius 3 is 2.44 bits per heavy atom. The van der Waals surface area contributed by atoms with Crippen molar-refractivity contribution in [3.05, 3.63) is 0 Å². The molecule has 0 aliphatic carbocycles. The van der Waals surface area contributed by atoms with Gasteiger partial charge in [0.05, 0.1) is 6.61 Å². The Kier molecular flexibility index (Phi) is 6.61. The van der Waals surface area contributed by atoms with Crippen molar-refractivity contribution in [2.45, 2.75) is 47.1 Å². The minimum absolute atomic E-state index is 0.329. The Bertz CT molecular complexity index is 223. The third-order valence-corrected chi connectivity index (χ3v) is 3.70. The molecule has 0 bridgehead atoms. The number of nitrogens with zero attached hydrogens (tertiary/aromatic N) is 1. The minimum Gasteiger partial charge on any atom is -0.381 e. The molecule has 1 atom stereocenters. The van der Waals surface area contributed by atoms with Crippen LogP contribution in [0.25, 0.3) is 0 Å². The fourth-order valence-electron chi connectivity index (χ4n) is 2.69. The van der Waals surface area contributed by atoms with E-state index in [1.807, 2.05) is 0 Å². The van der Waals surface area contributed by atoms with Crippen molar-refractivity contribution in [1.29, 1.82) is 0 Å². The zero-order valence-electron chi connectivity index (χ0n) is 13.0. The molecule has 1 aliphatic rings. The SMILES string of the molecule is CCN(CC(C)C)CC1(CNC(C)C)CCOC1. The predicted molar refractivity (Wildman–Crippen MR) is 78.0 cm³/mol. The Hall–Kier alpha value is -0.120. The van der Waals surface area contributed by atoms with Crippen LogP contribution in [0.1, 0.15) is 41.0 Å². The molecule has 1 unspecified atom stereocenters. The topological polar surface area (TPSA) is 24.5 Å². The van der Waals surface area contributed by atoms with Gasteiger partial charge in [-0.25, -0.2) is 0 Å². The lowest BCUT2D eigenvalue weighted by atomic mass is 9.86. The van der Waals surface area contributed by atoms with E-state index in [4.69, 9.17) is 4.74 Å². The van der Waals surface area contributed by atoms with E-state index in [1.54, 1.807) is 0 Å². The maximum Gasteiger partial charge on any atom is 0.0547 e. The lowest BCUT2D eigenvalue weighted by molar-refractivity contribution is 0.103.